The van der Waals surface area contributed by atoms with Crippen LogP contribution in [0, 0.1) is 6.92 Å². The van der Waals surface area contributed by atoms with E-state index in [0.717, 1.165) is 22.1 Å². The Morgan fingerprint density at radius 1 is 1.15 bits per heavy atom. The monoisotopic (exact) mass is 564 g/mol. The highest BCUT2D eigenvalue weighted by Crippen LogP contribution is 2.37. The molecule has 3 rings (SSSR count). The van der Waals surface area contributed by atoms with Crippen LogP contribution in [-0.4, -0.2) is 43.8 Å². The van der Waals surface area contributed by atoms with Crippen LogP contribution in [0.4, 0.5) is 5.00 Å². The van der Waals surface area contributed by atoms with Crippen molar-refractivity contribution in [1.82, 2.24) is 5.32 Å². The quantitative estimate of drug-likeness (QED) is 0.316. The van der Waals surface area contributed by atoms with Crippen LogP contribution >= 0.6 is 39.5 Å². The predicted molar refractivity (Wildman–Crippen MR) is 138 cm³/mol. The Balaban J connectivity index is 1.91. The number of fused-ring (bicyclic) bond motifs is 1. The first-order valence-corrected chi connectivity index (χ1v) is 12.0. The van der Waals surface area contributed by atoms with Gasteiger partial charge in [0.05, 0.1) is 36.4 Å². The van der Waals surface area contributed by atoms with Crippen molar-refractivity contribution in [1.29, 1.82) is 0 Å². The fraction of sp³-hybridized carbons (Fsp3) is 0.217. The summed E-state index contributed by atoms with van der Waals surface area (Å²) in [7, 11) is 2.72. The molecule has 1 amide bonds. The van der Waals surface area contributed by atoms with Crippen molar-refractivity contribution in [3.8, 4) is 5.75 Å². The maximum absolute atomic E-state index is 13.1. The van der Waals surface area contributed by atoms with E-state index in [0.29, 0.717) is 15.8 Å². The van der Waals surface area contributed by atoms with E-state index in [4.69, 9.17) is 26.4 Å². The Bertz CT molecular complexity index is 1300. The molecule has 11 heteroatoms. The second-order valence-corrected chi connectivity index (χ2v) is 9.09. The Hall–Kier alpha value is -3.02. The van der Waals surface area contributed by atoms with E-state index in [1.165, 1.54) is 14.2 Å². The van der Waals surface area contributed by atoms with Crippen molar-refractivity contribution < 1.29 is 28.6 Å². The van der Waals surface area contributed by atoms with Crippen LogP contribution < -0.4 is 15.4 Å². The first kappa shape index (κ1) is 25.6. The molecule has 1 heterocycles. The van der Waals surface area contributed by atoms with Gasteiger partial charge in [-0.2, -0.15) is 0 Å². The Labute approximate surface area is 213 Å². The first-order valence-electron chi connectivity index (χ1n) is 9.99. The lowest BCUT2D eigenvalue weighted by Gasteiger charge is -2.14. The van der Waals surface area contributed by atoms with Crippen molar-refractivity contribution in [2.45, 2.75) is 13.8 Å². The summed E-state index contributed by atoms with van der Waals surface area (Å²) in [5, 5.41) is 7.35. The fourth-order valence-electron chi connectivity index (χ4n) is 3.30. The molecule has 0 aliphatic rings. The first-order chi connectivity index (χ1) is 16.2. The number of rotatable bonds is 6. The summed E-state index contributed by atoms with van der Waals surface area (Å²) < 4.78 is 16.0. The zero-order valence-electron chi connectivity index (χ0n) is 18.7. The summed E-state index contributed by atoms with van der Waals surface area (Å²) in [5.41, 5.74) is 0.808. The molecule has 0 radical (unpaired) electrons. The number of anilines is 1. The molecule has 0 aliphatic heterocycles. The van der Waals surface area contributed by atoms with Crippen molar-refractivity contribution in [3.05, 3.63) is 56.4 Å². The molecule has 0 saturated heterocycles. The largest absolute Gasteiger partial charge is 0.495 e. The molecule has 0 unspecified atom stereocenters. The van der Waals surface area contributed by atoms with E-state index in [9.17, 15) is 14.4 Å². The third kappa shape index (κ3) is 5.06. The van der Waals surface area contributed by atoms with Gasteiger partial charge in [0.15, 0.2) is 5.11 Å². The van der Waals surface area contributed by atoms with Gasteiger partial charge in [0.2, 0.25) is 0 Å². The highest BCUT2D eigenvalue weighted by atomic mass is 79.9. The van der Waals surface area contributed by atoms with E-state index in [1.807, 2.05) is 24.3 Å². The van der Waals surface area contributed by atoms with Crippen molar-refractivity contribution in [3.63, 3.8) is 0 Å². The van der Waals surface area contributed by atoms with Crippen LogP contribution in [0.25, 0.3) is 10.8 Å². The third-order valence-electron chi connectivity index (χ3n) is 4.84. The summed E-state index contributed by atoms with van der Waals surface area (Å²) in [6.07, 6.45) is 0. The second-order valence-electron chi connectivity index (χ2n) is 6.87. The van der Waals surface area contributed by atoms with Crippen molar-refractivity contribution in [2.24, 2.45) is 0 Å². The molecule has 0 atom stereocenters. The minimum absolute atomic E-state index is 0.0699. The summed E-state index contributed by atoms with van der Waals surface area (Å²) in [5.74, 6) is -1.38. The van der Waals surface area contributed by atoms with Gasteiger partial charge >= 0.3 is 11.9 Å². The smallest absolute Gasteiger partial charge is 0.348 e. The maximum atomic E-state index is 13.1. The van der Waals surface area contributed by atoms with E-state index in [-0.39, 0.29) is 32.7 Å². The predicted octanol–water partition coefficient (Wildman–Crippen LogP) is 5.07. The van der Waals surface area contributed by atoms with Gasteiger partial charge in [0.25, 0.3) is 5.91 Å². The van der Waals surface area contributed by atoms with Gasteiger partial charge in [0, 0.05) is 0 Å². The van der Waals surface area contributed by atoms with Gasteiger partial charge in [-0.25, -0.2) is 9.59 Å². The van der Waals surface area contributed by atoms with Gasteiger partial charge in [-0.1, -0.05) is 24.3 Å². The number of esters is 2. The SMILES string of the molecule is CCOC(=O)c1c(NC(=S)NC(=O)c2cc3ccccc3c(Br)c2OC)sc(C(=O)OC)c1C. The van der Waals surface area contributed by atoms with Crippen LogP contribution in [0.1, 0.15) is 42.9 Å². The number of amides is 1. The van der Waals surface area contributed by atoms with Crippen LogP contribution in [-0.2, 0) is 9.47 Å². The number of carbonyl (C=O) groups is 3. The molecular formula is C23H21BrN2O6S2. The van der Waals surface area contributed by atoms with Crippen molar-refractivity contribution in [2.75, 3.05) is 26.1 Å². The Morgan fingerprint density at radius 3 is 2.50 bits per heavy atom. The molecule has 2 N–H and O–H groups in total. The lowest BCUT2D eigenvalue weighted by Crippen LogP contribution is -2.34. The summed E-state index contributed by atoms with van der Waals surface area (Å²) in [6, 6.07) is 9.24. The molecule has 0 fully saturated rings. The molecule has 8 nitrogen and oxygen atoms in total. The van der Waals surface area contributed by atoms with Crippen molar-refractivity contribution >= 4 is 78.2 Å². The number of benzene rings is 2. The number of hydrogen-bond acceptors (Lipinski definition) is 8. The Kier molecular flexibility index (Phi) is 8.24. The van der Waals surface area contributed by atoms with E-state index in [1.54, 1.807) is 19.9 Å². The minimum atomic E-state index is -0.622. The molecule has 2 aromatic carbocycles. The molecule has 34 heavy (non-hydrogen) atoms. The summed E-state index contributed by atoms with van der Waals surface area (Å²) in [4.78, 5) is 37.9. The highest BCUT2D eigenvalue weighted by molar-refractivity contribution is 9.10. The van der Waals surface area contributed by atoms with Gasteiger partial charge < -0.3 is 19.5 Å². The van der Waals surface area contributed by atoms with E-state index < -0.39 is 17.8 Å². The van der Waals surface area contributed by atoms with Gasteiger partial charge in [-0.15, -0.1) is 11.3 Å². The lowest BCUT2D eigenvalue weighted by atomic mass is 10.1. The molecule has 0 saturated carbocycles. The van der Waals surface area contributed by atoms with Crippen LogP contribution in [0.5, 0.6) is 5.75 Å². The van der Waals surface area contributed by atoms with Gasteiger partial charge in [-0.3, -0.25) is 10.1 Å². The van der Waals surface area contributed by atoms with E-state index in [2.05, 4.69) is 26.6 Å². The van der Waals surface area contributed by atoms with Crippen LogP contribution in [0.3, 0.4) is 0 Å². The molecule has 178 valence electrons. The average Bonchev–Trinajstić information content (AvgIpc) is 3.13. The second kappa shape index (κ2) is 10.9. The number of hydrogen-bond donors (Lipinski definition) is 2. The summed E-state index contributed by atoms with van der Waals surface area (Å²) >= 11 is 9.80. The Morgan fingerprint density at radius 2 is 1.85 bits per heavy atom. The molecule has 0 bridgehead atoms. The fourth-order valence-corrected chi connectivity index (χ4v) is 5.41. The van der Waals surface area contributed by atoms with Gasteiger partial charge in [-0.05, 0) is 64.4 Å². The lowest BCUT2D eigenvalue weighted by molar-refractivity contribution is 0.0527. The standard InChI is InChI=1S/C23H21BrN2O6S2/c1-5-32-21(28)15-11(2)18(22(29)31-4)34-20(15)26-23(33)25-19(27)14-10-12-8-6-7-9-13(12)16(24)17(14)30-3/h6-10H,5H2,1-4H3,(H2,25,26,27,33). The van der Waals surface area contributed by atoms with Gasteiger partial charge in [0.1, 0.15) is 15.6 Å². The normalized spacial score (nSPS) is 10.5. The molecule has 0 spiro atoms. The molecular weight excluding hydrogens is 544 g/mol. The zero-order valence-corrected chi connectivity index (χ0v) is 22.0. The van der Waals surface area contributed by atoms with Crippen LogP contribution in [0.2, 0.25) is 0 Å². The van der Waals surface area contributed by atoms with Crippen LogP contribution in [0.15, 0.2) is 34.8 Å². The topological polar surface area (TPSA) is 103 Å². The maximum Gasteiger partial charge on any atom is 0.348 e. The number of nitrogens with one attached hydrogen (secondary N) is 2. The molecule has 3 aromatic rings. The number of methoxy groups -OCH3 is 2. The average molecular weight is 565 g/mol. The number of thiocarbonyl (C=S) groups is 1. The number of carbonyl (C=O) groups excluding carboxylic acids is 3. The van der Waals surface area contributed by atoms with E-state index >= 15 is 0 Å². The highest BCUT2D eigenvalue weighted by Gasteiger charge is 2.27. The third-order valence-corrected chi connectivity index (χ3v) is 7.02. The molecule has 1 aromatic heterocycles. The zero-order chi connectivity index (χ0) is 25.0. The molecule has 0 aliphatic carbocycles. The number of halogens is 1. The summed E-state index contributed by atoms with van der Waals surface area (Å²) in [6.45, 7) is 3.44. The number of thiophene rings is 1. The number of ether oxygens (including phenoxy) is 3. The minimum Gasteiger partial charge on any atom is -0.495 e.